The van der Waals surface area contributed by atoms with Crippen molar-refractivity contribution in [2.24, 2.45) is 11.8 Å². The van der Waals surface area contributed by atoms with Crippen molar-refractivity contribution in [2.45, 2.75) is 26.3 Å². The van der Waals surface area contributed by atoms with Gasteiger partial charge in [0, 0.05) is 25.5 Å². The fraction of sp³-hybridized carbons (Fsp3) is 0.364. The van der Waals surface area contributed by atoms with Crippen LogP contribution in [-0.4, -0.2) is 44.9 Å². The number of carbonyl (C=O) groups is 1. The van der Waals surface area contributed by atoms with Crippen LogP contribution >= 0.6 is 27.3 Å². The van der Waals surface area contributed by atoms with Crippen LogP contribution in [0.2, 0.25) is 0 Å². The maximum atomic E-state index is 13.6. The van der Waals surface area contributed by atoms with E-state index in [-0.39, 0.29) is 11.9 Å². The Labute approximate surface area is 187 Å². The number of nitrogens with one attached hydrogen (secondary N) is 1. The largest absolute Gasteiger partial charge is 0.352 e. The molecule has 30 heavy (non-hydrogen) atoms. The summed E-state index contributed by atoms with van der Waals surface area (Å²) in [6.45, 7) is 5.49. The van der Waals surface area contributed by atoms with E-state index in [1.54, 1.807) is 23.7 Å². The first kappa shape index (κ1) is 19.6. The first-order chi connectivity index (χ1) is 14.5. The van der Waals surface area contributed by atoms with E-state index in [9.17, 15) is 4.79 Å². The van der Waals surface area contributed by atoms with Crippen LogP contribution in [0.25, 0.3) is 10.4 Å². The van der Waals surface area contributed by atoms with Crippen LogP contribution in [0.15, 0.2) is 41.1 Å². The number of halogens is 1. The van der Waals surface area contributed by atoms with Gasteiger partial charge in [0.1, 0.15) is 5.69 Å². The van der Waals surface area contributed by atoms with Gasteiger partial charge in [0.25, 0.3) is 5.91 Å². The molecule has 0 bridgehead atoms. The molecule has 2 fully saturated rings. The zero-order chi connectivity index (χ0) is 20.8. The lowest BCUT2D eigenvalue weighted by Gasteiger charge is -2.27. The first-order valence-corrected chi connectivity index (χ1v) is 11.7. The molecule has 1 aliphatic heterocycles. The summed E-state index contributed by atoms with van der Waals surface area (Å²) in [5.41, 5.74) is 2.82. The van der Waals surface area contributed by atoms with Crippen LogP contribution in [0, 0.1) is 25.7 Å². The summed E-state index contributed by atoms with van der Waals surface area (Å²) >= 11 is 4.94. The third kappa shape index (κ3) is 3.74. The Bertz CT molecular complexity index is 1100. The van der Waals surface area contributed by atoms with E-state index in [0.29, 0.717) is 30.0 Å². The molecular weight excluding hydrogens is 462 g/mol. The Balaban J connectivity index is 1.38. The predicted octanol–water partition coefficient (Wildman–Crippen LogP) is 4.55. The highest BCUT2D eigenvalue weighted by Gasteiger charge is 2.54. The summed E-state index contributed by atoms with van der Waals surface area (Å²) in [5.74, 6) is 1.78. The lowest BCUT2D eigenvalue weighted by Crippen LogP contribution is -2.42. The molecule has 3 heterocycles. The van der Waals surface area contributed by atoms with Crippen molar-refractivity contribution in [2.75, 3.05) is 18.4 Å². The SMILES string of the molecule is Cc1cccc(-c2sc(C)nc2C(=O)N2C[C@H]3C[C@H]3[C@H]2CNc2ncc(Br)cn2)c1. The molecule has 3 atom stereocenters. The molecule has 2 aliphatic rings. The molecule has 1 aliphatic carbocycles. The van der Waals surface area contributed by atoms with Gasteiger partial charge in [0.05, 0.1) is 20.4 Å². The number of anilines is 1. The molecule has 2 aromatic heterocycles. The second-order valence-electron chi connectivity index (χ2n) is 8.07. The maximum Gasteiger partial charge on any atom is 0.274 e. The normalized spacial score (nSPS) is 22.1. The molecule has 8 heteroatoms. The Morgan fingerprint density at radius 3 is 2.87 bits per heavy atom. The average molecular weight is 484 g/mol. The third-order valence-electron chi connectivity index (χ3n) is 5.87. The van der Waals surface area contributed by atoms with Crippen molar-refractivity contribution in [3.05, 3.63) is 57.4 Å². The lowest BCUT2D eigenvalue weighted by atomic mass is 10.1. The molecule has 5 rings (SSSR count). The number of aryl methyl sites for hydroxylation is 2. The molecule has 1 saturated heterocycles. The van der Waals surface area contributed by atoms with Crippen LogP contribution in [0.5, 0.6) is 0 Å². The van der Waals surface area contributed by atoms with Gasteiger partial charge in [-0.2, -0.15) is 0 Å². The molecule has 1 amide bonds. The quantitative estimate of drug-likeness (QED) is 0.576. The molecule has 3 aromatic rings. The fourth-order valence-corrected chi connectivity index (χ4v) is 5.47. The minimum atomic E-state index is 0.0339. The van der Waals surface area contributed by atoms with E-state index in [2.05, 4.69) is 61.3 Å². The fourth-order valence-electron chi connectivity index (χ4n) is 4.36. The highest BCUT2D eigenvalue weighted by atomic mass is 79.9. The second kappa shape index (κ2) is 7.74. The van der Waals surface area contributed by atoms with Gasteiger partial charge in [-0.25, -0.2) is 15.0 Å². The molecule has 6 nitrogen and oxygen atoms in total. The van der Waals surface area contributed by atoms with Gasteiger partial charge in [0.2, 0.25) is 5.95 Å². The molecule has 1 saturated carbocycles. The number of piperidine rings is 1. The molecule has 1 N–H and O–H groups in total. The van der Waals surface area contributed by atoms with Crippen LogP contribution in [0.4, 0.5) is 5.95 Å². The summed E-state index contributed by atoms with van der Waals surface area (Å²) < 4.78 is 0.843. The van der Waals surface area contributed by atoms with Gasteiger partial charge < -0.3 is 10.2 Å². The number of carbonyl (C=O) groups excluding carboxylic acids is 1. The standard InChI is InChI=1S/C22H22BrN5OS/c1-12-4-3-5-14(6-12)20-19(27-13(2)30-20)21(29)28-11-15-7-17(15)18(28)10-26-22-24-8-16(23)9-25-22/h3-6,8-9,15,17-18H,7,10-11H2,1-2H3,(H,24,25,26)/t15-,17-,18-/m1/s1. The summed E-state index contributed by atoms with van der Waals surface area (Å²) in [6, 6.07) is 8.42. The maximum absolute atomic E-state index is 13.6. The van der Waals surface area contributed by atoms with Gasteiger partial charge in [-0.15, -0.1) is 11.3 Å². The van der Waals surface area contributed by atoms with Gasteiger partial charge in [-0.3, -0.25) is 4.79 Å². The van der Waals surface area contributed by atoms with E-state index < -0.39 is 0 Å². The van der Waals surface area contributed by atoms with Crippen molar-refractivity contribution in [3.63, 3.8) is 0 Å². The number of rotatable bonds is 5. The van der Waals surface area contributed by atoms with Gasteiger partial charge in [-0.1, -0.05) is 29.8 Å². The molecular formula is C22H22BrN5OS. The number of aromatic nitrogens is 3. The topological polar surface area (TPSA) is 71.0 Å². The minimum Gasteiger partial charge on any atom is -0.352 e. The summed E-state index contributed by atoms with van der Waals surface area (Å²) in [7, 11) is 0. The van der Waals surface area contributed by atoms with Crippen molar-refractivity contribution in [3.8, 4) is 10.4 Å². The summed E-state index contributed by atoms with van der Waals surface area (Å²) in [5, 5.41) is 4.23. The molecule has 0 radical (unpaired) electrons. The molecule has 0 unspecified atom stereocenters. The summed E-state index contributed by atoms with van der Waals surface area (Å²) in [4.78, 5) is 29.8. The third-order valence-corrected chi connectivity index (χ3v) is 7.30. The Morgan fingerprint density at radius 2 is 2.10 bits per heavy atom. The first-order valence-electron chi connectivity index (χ1n) is 10.1. The molecule has 154 valence electrons. The van der Waals surface area contributed by atoms with Gasteiger partial charge in [0.15, 0.2) is 0 Å². The number of hydrogen-bond donors (Lipinski definition) is 1. The predicted molar refractivity (Wildman–Crippen MR) is 122 cm³/mol. The van der Waals surface area contributed by atoms with Crippen LogP contribution in [0.1, 0.15) is 27.5 Å². The highest BCUT2D eigenvalue weighted by molar-refractivity contribution is 9.10. The van der Waals surface area contributed by atoms with Crippen molar-refractivity contribution < 1.29 is 4.79 Å². The molecule has 1 aromatic carbocycles. The van der Waals surface area contributed by atoms with Crippen molar-refractivity contribution >= 4 is 39.1 Å². The number of thiazole rings is 1. The Kier molecular flexibility index (Phi) is 5.06. The van der Waals surface area contributed by atoms with Gasteiger partial charge >= 0.3 is 0 Å². The van der Waals surface area contributed by atoms with Crippen molar-refractivity contribution in [1.82, 2.24) is 19.9 Å². The monoisotopic (exact) mass is 483 g/mol. The smallest absolute Gasteiger partial charge is 0.274 e. The second-order valence-corrected chi connectivity index (χ2v) is 10.2. The minimum absolute atomic E-state index is 0.0339. The van der Waals surface area contributed by atoms with E-state index in [1.807, 2.05) is 17.9 Å². The zero-order valence-corrected chi connectivity index (χ0v) is 19.2. The van der Waals surface area contributed by atoms with Crippen LogP contribution in [0.3, 0.4) is 0 Å². The van der Waals surface area contributed by atoms with E-state index in [4.69, 9.17) is 0 Å². The number of benzene rings is 1. The van der Waals surface area contributed by atoms with E-state index in [0.717, 1.165) is 26.5 Å². The molecule has 0 spiro atoms. The Morgan fingerprint density at radius 1 is 1.30 bits per heavy atom. The highest BCUT2D eigenvalue weighted by Crippen LogP contribution is 2.50. The number of amides is 1. The number of nitrogens with zero attached hydrogens (tertiary/aromatic N) is 4. The van der Waals surface area contributed by atoms with Crippen molar-refractivity contribution in [1.29, 1.82) is 0 Å². The zero-order valence-electron chi connectivity index (χ0n) is 16.8. The van der Waals surface area contributed by atoms with Gasteiger partial charge in [-0.05, 0) is 53.6 Å². The summed E-state index contributed by atoms with van der Waals surface area (Å²) in [6.07, 6.45) is 4.64. The van der Waals surface area contributed by atoms with Crippen LogP contribution in [-0.2, 0) is 0 Å². The Hall–Kier alpha value is -2.32. The average Bonchev–Trinajstić information content (AvgIpc) is 3.24. The van der Waals surface area contributed by atoms with E-state index in [1.165, 1.54) is 12.0 Å². The number of fused-ring (bicyclic) bond motifs is 1. The number of likely N-dealkylation sites (tertiary alicyclic amines) is 1. The van der Waals surface area contributed by atoms with E-state index >= 15 is 0 Å². The number of hydrogen-bond acceptors (Lipinski definition) is 6. The lowest BCUT2D eigenvalue weighted by molar-refractivity contribution is 0.0711. The van der Waals surface area contributed by atoms with Crippen LogP contribution < -0.4 is 5.32 Å².